The Morgan fingerprint density at radius 3 is 2.93 bits per heavy atom. The van der Waals surface area contributed by atoms with Gasteiger partial charge in [-0.3, -0.25) is 0 Å². The van der Waals surface area contributed by atoms with Crippen LogP contribution in [0.5, 0.6) is 0 Å². The number of halogens is 1. The lowest BCUT2D eigenvalue weighted by atomic mass is 10.1. The van der Waals surface area contributed by atoms with Crippen LogP contribution in [0.3, 0.4) is 0 Å². The second-order valence-corrected chi connectivity index (χ2v) is 2.69. The van der Waals surface area contributed by atoms with E-state index in [0.29, 0.717) is 0 Å². The van der Waals surface area contributed by atoms with Crippen molar-refractivity contribution in [2.75, 3.05) is 13.7 Å². The zero-order valence-electron chi connectivity index (χ0n) is 8.21. The fourth-order valence-corrected chi connectivity index (χ4v) is 1.01. The number of hydrogen-bond donors (Lipinski definition) is 1. The fraction of sp³-hybridized carbons (Fsp3) is 0.182. The van der Waals surface area contributed by atoms with E-state index in [9.17, 15) is 9.18 Å². The van der Waals surface area contributed by atoms with Gasteiger partial charge in [-0.1, -0.05) is 11.8 Å². The molecule has 0 fully saturated rings. The molecular formula is C11H10FNO2. The lowest BCUT2D eigenvalue weighted by Gasteiger charge is -2.00. The summed E-state index contributed by atoms with van der Waals surface area (Å²) < 4.78 is 17.7. The van der Waals surface area contributed by atoms with E-state index in [-0.39, 0.29) is 17.7 Å². The zero-order valence-corrected chi connectivity index (χ0v) is 8.21. The van der Waals surface area contributed by atoms with E-state index in [1.165, 1.54) is 25.3 Å². The van der Waals surface area contributed by atoms with Crippen molar-refractivity contribution in [2.45, 2.75) is 0 Å². The lowest BCUT2D eigenvalue weighted by molar-refractivity contribution is 0.0600. The fourth-order valence-electron chi connectivity index (χ4n) is 1.01. The van der Waals surface area contributed by atoms with Crippen LogP contribution in [-0.4, -0.2) is 19.6 Å². The van der Waals surface area contributed by atoms with Gasteiger partial charge in [0.2, 0.25) is 0 Å². The minimum Gasteiger partial charge on any atom is -0.465 e. The molecule has 0 aliphatic heterocycles. The summed E-state index contributed by atoms with van der Waals surface area (Å²) in [6.45, 7) is 0.141. The van der Waals surface area contributed by atoms with Crippen molar-refractivity contribution in [1.29, 1.82) is 0 Å². The number of esters is 1. The van der Waals surface area contributed by atoms with E-state index in [1.807, 2.05) is 0 Å². The van der Waals surface area contributed by atoms with Crippen LogP contribution in [0.2, 0.25) is 0 Å². The quantitative estimate of drug-likeness (QED) is 0.550. The number of hydrogen-bond acceptors (Lipinski definition) is 3. The van der Waals surface area contributed by atoms with E-state index < -0.39 is 11.8 Å². The molecule has 3 nitrogen and oxygen atoms in total. The molecule has 0 bridgehead atoms. The van der Waals surface area contributed by atoms with Crippen LogP contribution in [0, 0.1) is 17.7 Å². The molecular weight excluding hydrogens is 197 g/mol. The van der Waals surface area contributed by atoms with Gasteiger partial charge in [0, 0.05) is 0 Å². The molecule has 0 amide bonds. The first-order valence-corrected chi connectivity index (χ1v) is 4.26. The van der Waals surface area contributed by atoms with Crippen LogP contribution in [0.25, 0.3) is 0 Å². The summed E-state index contributed by atoms with van der Waals surface area (Å²) in [5, 5.41) is 0. The number of methoxy groups -OCH3 is 1. The van der Waals surface area contributed by atoms with Crippen molar-refractivity contribution in [3.8, 4) is 11.8 Å². The molecule has 15 heavy (non-hydrogen) atoms. The van der Waals surface area contributed by atoms with Crippen LogP contribution in [0.1, 0.15) is 15.9 Å². The standard InChI is InChI=1S/C11H10FNO2/c1-15-11(14)9-4-5-10(12)8(7-9)3-2-6-13/h4-5,7H,6,13H2,1H3. The number of rotatable bonds is 1. The molecule has 0 aromatic heterocycles. The van der Waals surface area contributed by atoms with E-state index >= 15 is 0 Å². The maximum Gasteiger partial charge on any atom is 0.337 e. The summed E-state index contributed by atoms with van der Waals surface area (Å²) in [5.74, 6) is 4.04. The maximum absolute atomic E-state index is 13.2. The first-order valence-electron chi connectivity index (χ1n) is 4.26. The van der Waals surface area contributed by atoms with Crippen molar-refractivity contribution in [1.82, 2.24) is 0 Å². The van der Waals surface area contributed by atoms with E-state index in [0.717, 1.165) is 0 Å². The minimum absolute atomic E-state index is 0.141. The molecule has 0 saturated carbocycles. The van der Waals surface area contributed by atoms with Gasteiger partial charge < -0.3 is 10.5 Å². The predicted octanol–water partition coefficient (Wildman–Crippen LogP) is 0.923. The summed E-state index contributed by atoms with van der Waals surface area (Å²) in [7, 11) is 1.26. The van der Waals surface area contributed by atoms with Crippen molar-refractivity contribution >= 4 is 5.97 Å². The Hall–Kier alpha value is -1.86. The van der Waals surface area contributed by atoms with Crippen molar-refractivity contribution < 1.29 is 13.9 Å². The molecule has 1 aromatic carbocycles. The van der Waals surface area contributed by atoms with Crippen LogP contribution in [0.15, 0.2) is 18.2 Å². The second kappa shape index (κ2) is 5.13. The van der Waals surface area contributed by atoms with Crippen LogP contribution in [-0.2, 0) is 4.74 Å². The monoisotopic (exact) mass is 207 g/mol. The molecule has 4 heteroatoms. The van der Waals surface area contributed by atoms with Gasteiger partial charge in [-0.05, 0) is 18.2 Å². The number of benzene rings is 1. The Kier molecular flexibility index (Phi) is 3.83. The molecule has 0 unspecified atom stereocenters. The van der Waals surface area contributed by atoms with Gasteiger partial charge in [0.15, 0.2) is 0 Å². The summed E-state index contributed by atoms with van der Waals surface area (Å²) in [6.07, 6.45) is 0. The predicted molar refractivity (Wildman–Crippen MR) is 53.7 cm³/mol. The normalized spacial score (nSPS) is 9.00. The Balaban J connectivity index is 3.10. The molecule has 0 radical (unpaired) electrons. The summed E-state index contributed by atoms with van der Waals surface area (Å²) in [4.78, 5) is 11.1. The van der Waals surface area contributed by atoms with Crippen LogP contribution < -0.4 is 5.73 Å². The van der Waals surface area contributed by atoms with Gasteiger partial charge in [0.05, 0.1) is 24.8 Å². The van der Waals surface area contributed by atoms with E-state index in [4.69, 9.17) is 5.73 Å². The summed E-state index contributed by atoms with van der Waals surface area (Å²) in [6, 6.07) is 3.85. The molecule has 0 heterocycles. The third-order valence-electron chi connectivity index (χ3n) is 1.71. The summed E-state index contributed by atoms with van der Waals surface area (Å²) >= 11 is 0. The topological polar surface area (TPSA) is 52.3 Å². The van der Waals surface area contributed by atoms with Gasteiger partial charge in [0.25, 0.3) is 0 Å². The number of ether oxygens (including phenoxy) is 1. The van der Waals surface area contributed by atoms with Crippen molar-refractivity contribution in [3.63, 3.8) is 0 Å². The second-order valence-electron chi connectivity index (χ2n) is 2.69. The van der Waals surface area contributed by atoms with Gasteiger partial charge >= 0.3 is 5.97 Å². The highest BCUT2D eigenvalue weighted by molar-refractivity contribution is 5.89. The average Bonchev–Trinajstić information content (AvgIpc) is 2.27. The maximum atomic E-state index is 13.2. The first-order chi connectivity index (χ1) is 7.19. The Bertz CT molecular complexity index is 432. The third-order valence-corrected chi connectivity index (χ3v) is 1.71. The molecule has 0 aliphatic carbocycles. The molecule has 1 rings (SSSR count). The minimum atomic E-state index is -0.522. The number of carbonyl (C=O) groups excluding carboxylic acids is 1. The lowest BCUT2D eigenvalue weighted by Crippen LogP contribution is -2.02. The van der Waals surface area contributed by atoms with Gasteiger partial charge in [0.1, 0.15) is 5.82 Å². The highest BCUT2D eigenvalue weighted by Crippen LogP contribution is 2.10. The SMILES string of the molecule is COC(=O)c1ccc(F)c(C#CCN)c1. The molecule has 2 N–H and O–H groups in total. The van der Waals surface area contributed by atoms with Crippen molar-refractivity contribution in [2.24, 2.45) is 5.73 Å². The van der Waals surface area contributed by atoms with Crippen molar-refractivity contribution in [3.05, 3.63) is 35.1 Å². The Morgan fingerprint density at radius 1 is 1.60 bits per heavy atom. The molecule has 0 atom stereocenters. The van der Waals surface area contributed by atoms with Gasteiger partial charge in [-0.15, -0.1) is 0 Å². The third kappa shape index (κ3) is 2.79. The highest BCUT2D eigenvalue weighted by Gasteiger charge is 2.08. The van der Waals surface area contributed by atoms with Crippen LogP contribution in [0.4, 0.5) is 4.39 Å². The Morgan fingerprint density at radius 2 is 2.33 bits per heavy atom. The largest absolute Gasteiger partial charge is 0.465 e. The smallest absolute Gasteiger partial charge is 0.337 e. The highest BCUT2D eigenvalue weighted by atomic mass is 19.1. The first kappa shape index (κ1) is 11.2. The van der Waals surface area contributed by atoms with E-state index in [1.54, 1.807) is 0 Å². The average molecular weight is 207 g/mol. The molecule has 0 saturated heterocycles. The zero-order chi connectivity index (χ0) is 11.3. The molecule has 0 aliphatic rings. The van der Waals surface area contributed by atoms with E-state index in [2.05, 4.69) is 16.6 Å². The van der Waals surface area contributed by atoms with Gasteiger partial charge in [-0.2, -0.15) is 0 Å². The molecule has 78 valence electrons. The number of carbonyl (C=O) groups is 1. The number of nitrogens with two attached hydrogens (primary N) is 1. The van der Waals surface area contributed by atoms with Gasteiger partial charge in [-0.25, -0.2) is 9.18 Å². The summed E-state index contributed by atoms with van der Waals surface area (Å²) in [5.41, 5.74) is 5.57. The molecule has 0 spiro atoms. The molecule has 1 aromatic rings. The van der Waals surface area contributed by atoms with Crippen LogP contribution >= 0.6 is 0 Å². The Labute approximate surface area is 87.0 Å².